The summed E-state index contributed by atoms with van der Waals surface area (Å²) >= 11 is 1.17. The molecule has 1 aromatic carbocycles. The Kier molecular flexibility index (Phi) is 3.30. The lowest BCUT2D eigenvalue weighted by Gasteiger charge is -2.03. The van der Waals surface area contributed by atoms with E-state index in [9.17, 15) is 9.18 Å². The summed E-state index contributed by atoms with van der Waals surface area (Å²) in [5.41, 5.74) is 2.43. The molecule has 1 fully saturated rings. The van der Waals surface area contributed by atoms with E-state index in [1.165, 1.54) is 17.4 Å². The molecule has 3 rings (SSSR count). The molecule has 0 atom stereocenters. The van der Waals surface area contributed by atoms with Crippen molar-refractivity contribution in [3.63, 3.8) is 0 Å². The van der Waals surface area contributed by atoms with Gasteiger partial charge in [0.2, 0.25) is 0 Å². The highest BCUT2D eigenvalue weighted by molar-refractivity contribution is 7.13. The van der Waals surface area contributed by atoms with Crippen LogP contribution in [0.4, 0.5) is 4.39 Å². The van der Waals surface area contributed by atoms with Crippen molar-refractivity contribution in [2.45, 2.75) is 32.1 Å². The van der Waals surface area contributed by atoms with Crippen LogP contribution >= 0.6 is 11.3 Å². The van der Waals surface area contributed by atoms with Crippen LogP contribution in [0, 0.1) is 12.7 Å². The Bertz CT molecular complexity index is 677. The maximum atomic E-state index is 13.6. The zero-order chi connectivity index (χ0) is 14.3. The summed E-state index contributed by atoms with van der Waals surface area (Å²) in [6.07, 6.45) is 2.74. The number of hydrogen-bond acceptors (Lipinski definition) is 3. The summed E-state index contributed by atoms with van der Waals surface area (Å²) in [6.45, 7) is 1.69. The molecule has 1 heterocycles. The van der Waals surface area contributed by atoms with Crippen LogP contribution < -0.4 is 0 Å². The third-order valence-corrected chi connectivity index (χ3v) is 4.56. The Labute approximate surface area is 120 Å². The lowest BCUT2D eigenvalue weighted by molar-refractivity contribution is 0.0701. The van der Waals surface area contributed by atoms with Gasteiger partial charge >= 0.3 is 5.97 Å². The molecule has 1 aliphatic rings. The number of aryl methyl sites for hydroxylation is 1. The highest BCUT2D eigenvalue weighted by Crippen LogP contribution is 2.40. The molecule has 104 valence electrons. The molecule has 0 aliphatic heterocycles. The Morgan fingerprint density at radius 3 is 2.80 bits per heavy atom. The zero-order valence-electron chi connectivity index (χ0n) is 11.0. The summed E-state index contributed by atoms with van der Waals surface area (Å²) in [7, 11) is 0. The number of thiazole rings is 1. The molecule has 3 nitrogen and oxygen atoms in total. The van der Waals surface area contributed by atoms with Gasteiger partial charge in [0, 0.05) is 6.42 Å². The minimum absolute atomic E-state index is 0.226. The molecule has 20 heavy (non-hydrogen) atoms. The Morgan fingerprint density at radius 1 is 1.45 bits per heavy atom. The van der Waals surface area contributed by atoms with Gasteiger partial charge in [0.05, 0.1) is 10.7 Å². The highest BCUT2D eigenvalue weighted by atomic mass is 32.1. The van der Waals surface area contributed by atoms with Crippen molar-refractivity contribution in [2.24, 2.45) is 0 Å². The number of aromatic carboxylic acids is 1. The lowest BCUT2D eigenvalue weighted by Crippen LogP contribution is -1.94. The van der Waals surface area contributed by atoms with Gasteiger partial charge in [0.25, 0.3) is 0 Å². The van der Waals surface area contributed by atoms with E-state index in [1.807, 2.05) is 6.07 Å². The van der Waals surface area contributed by atoms with Gasteiger partial charge in [-0.15, -0.1) is 11.3 Å². The van der Waals surface area contributed by atoms with E-state index < -0.39 is 5.97 Å². The molecule has 0 unspecified atom stereocenters. The van der Waals surface area contributed by atoms with Gasteiger partial charge in [0.1, 0.15) is 10.7 Å². The molecule has 0 saturated heterocycles. The largest absolute Gasteiger partial charge is 0.477 e. The Balaban J connectivity index is 1.87. The van der Waals surface area contributed by atoms with Gasteiger partial charge in [-0.25, -0.2) is 14.2 Å². The van der Waals surface area contributed by atoms with Crippen molar-refractivity contribution in [3.05, 3.63) is 50.7 Å². The third kappa shape index (κ3) is 2.72. The fourth-order valence-electron chi connectivity index (χ4n) is 2.33. The molecule has 1 N–H and O–H groups in total. The van der Waals surface area contributed by atoms with Gasteiger partial charge in [0.15, 0.2) is 0 Å². The number of carboxylic acid groups (broad SMARTS) is 1. The molecule has 0 radical (unpaired) electrons. The third-order valence-electron chi connectivity index (χ3n) is 3.42. The van der Waals surface area contributed by atoms with Crippen molar-refractivity contribution < 1.29 is 14.3 Å². The number of hydrogen-bond donors (Lipinski definition) is 1. The van der Waals surface area contributed by atoms with Crippen molar-refractivity contribution in [1.82, 2.24) is 4.98 Å². The van der Waals surface area contributed by atoms with Crippen molar-refractivity contribution >= 4 is 17.3 Å². The van der Waals surface area contributed by atoms with Crippen molar-refractivity contribution in [2.75, 3.05) is 0 Å². The van der Waals surface area contributed by atoms with E-state index in [1.54, 1.807) is 13.0 Å². The van der Waals surface area contributed by atoms with Gasteiger partial charge in [-0.2, -0.15) is 0 Å². The number of aromatic nitrogens is 1. The topological polar surface area (TPSA) is 50.2 Å². The van der Waals surface area contributed by atoms with E-state index >= 15 is 0 Å². The van der Waals surface area contributed by atoms with Gasteiger partial charge < -0.3 is 5.11 Å². The van der Waals surface area contributed by atoms with Crippen LogP contribution in [0.15, 0.2) is 18.2 Å². The fourth-order valence-corrected chi connectivity index (χ4v) is 3.27. The second kappa shape index (κ2) is 4.98. The van der Waals surface area contributed by atoms with Crippen LogP contribution in [-0.2, 0) is 6.42 Å². The average Bonchev–Trinajstić information content (AvgIpc) is 3.13. The summed E-state index contributed by atoms with van der Waals surface area (Å²) in [5, 5.41) is 9.74. The number of carbonyl (C=O) groups is 1. The first kappa shape index (κ1) is 13.2. The standard InChI is InChI=1S/C15H14FNO2S/c1-8-14(15(18)19)20-13(17-8)6-9-4-11(10-2-3-10)7-12(16)5-9/h4-5,7,10H,2-3,6H2,1H3,(H,18,19). The minimum atomic E-state index is -0.954. The molecule has 0 bridgehead atoms. The lowest BCUT2D eigenvalue weighted by atomic mass is 10.0. The predicted octanol–water partition coefficient (Wildman–Crippen LogP) is 3.76. The van der Waals surface area contributed by atoms with Gasteiger partial charge in [-0.3, -0.25) is 0 Å². The van der Waals surface area contributed by atoms with Crippen LogP contribution in [0.5, 0.6) is 0 Å². The number of benzene rings is 1. The quantitative estimate of drug-likeness (QED) is 0.933. The van der Waals surface area contributed by atoms with Crippen molar-refractivity contribution in [3.8, 4) is 0 Å². The molecule has 0 amide bonds. The van der Waals surface area contributed by atoms with E-state index in [-0.39, 0.29) is 10.7 Å². The molecule has 1 aromatic heterocycles. The monoisotopic (exact) mass is 291 g/mol. The summed E-state index contributed by atoms with van der Waals surface area (Å²) < 4.78 is 13.6. The second-order valence-corrected chi connectivity index (χ2v) is 6.25. The molecular formula is C15H14FNO2S. The minimum Gasteiger partial charge on any atom is -0.477 e. The summed E-state index contributed by atoms with van der Waals surface area (Å²) in [6, 6.07) is 5.11. The first-order valence-electron chi connectivity index (χ1n) is 6.52. The van der Waals surface area contributed by atoms with Gasteiger partial charge in [-0.05, 0) is 48.9 Å². The normalized spacial score (nSPS) is 14.5. The van der Waals surface area contributed by atoms with Crippen LogP contribution in [0.25, 0.3) is 0 Å². The number of rotatable bonds is 4. The molecular weight excluding hydrogens is 277 g/mol. The number of carboxylic acids is 1. The first-order valence-corrected chi connectivity index (χ1v) is 7.33. The zero-order valence-corrected chi connectivity index (χ0v) is 11.8. The van der Waals surface area contributed by atoms with Crippen LogP contribution in [0.1, 0.15) is 50.3 Å². The molecule has 1 aliphatic carbocycles. The molecule has 0 spiro atoms. The van der Waals surface area contributed by atoms with Crippen molar-refractivity contribution in [1.29, 1.82) is 0 Å². The fraction of sp³-hybridized carbons (Fsp3) is 0.333. The average molecular weight is 291 g/mol. The van der Waals surface area contributed by atoms with E-state index in [4.69, 9.17) is 5.11 Å². The molecule has 5 heteroatoms. The number of halogens is 1. The van der Waals surface area contributed by atoms with Gasteiger partial charge in [-0.1, -0.05) is 6.07 Å². The Morgan fingerprint density at radius 2 is 2.20 bits per heavy atom. The SMILES string of the molecule is Cc1nc(Cc2cc(F)cc(C3CC3)c2)sc1C(=O)O. The summed E-state index contributed by atoms with van der Waals surface area (Å²) in [5.74, 6) is -0.683. The smallest absolute Gasteiger partial charge is 0.347 e. The van der Waals surface area contributed by atoms with Crippen LogP contribution in [0.3, 0.4) is 0 Å². The first-order chi connectivity index (χ1) is 9.52. The summed E-state index contributed by atoms with van der Waals surface area (Å²) in [4.78, 5) is 15.5. The predicted molar refractivity (Wildman–Crippen MR) is 75.0 cm³/mol. The van der Waals surface area contributed by atoms with Crippen LogP contribution in [0.2, 0.25) is 0 Å². The maximum Gasteiger partial charge on any atom is 0.347 e. The highest BCUT2D eigenvalue weighted by Gasteiger charge is 2.24. The van der Waals surface area contributed by atoms with E-state index in [0.29, 0.717) is 23.0 Å². The maximum absolute atomic E-state index is 13.6. The molecule has 1 saturated carbocycles. The van der Waals surface area contributed by atoms with E-state index in [0.717, 1.165) is 24.0 Å². The van der Waals surface area contributed by atoms with Crippen LogP contribution in [-0.4, -0.2) is 16.1 Å². The number of nitrogens with zero attached hydrogens (tertiary/aromatic N) is 1. The second-order valence-electron chi connectivity index (χ2n) is 5.17. The van der Waals surface area contributed by atoms with E-state index in [2.05, 4.69) is 4.98 Å². The molecule has 2 aromatic rings. The Hall–Kier alpha value is -1.75.